The van der Waals surface area contributed by atoms with Crippen LogP contribution in [0.15, 0.2) is 29.2 Å². The quantitative estimate of drug-likeness (QED) is 0.765. The maximum Gasteiger partial charge on any atom is 0.341 e. The van der Waals surface area contributed by atoms with Gasteiger partial charge in [-0.1, -0.05) is 12.1 Å². The number of carboxylic acid groups (broad SMARTS) is 1. The van der Waals surface area contributed by atoms with Gasteiger partial charge in [0, 0.05) is 0 Å². The number of carbonyl (C=O) groups excluding carboxylic acids is 1. The second kappa shape index (κ2) is 7.09. The van der Waals surface area contributed by atoms with Crippen LogP contribution in [0.25, 0.3) is 0 Å². The minimum absolute atomic E-state index is 0.332. The van der Waals surface area contributed by atoms with Crippen molar-refractivity contribution in [1.29, 1.82) is 0 Å². The summed E-state index contributed by atoms with van der Waals surface area (Å²) in [5.41, 5.74) is -0.332. The first kappa shape index (κ1) is 17.0. The lowest BCUT2D eigenvalue weighted by Crippen LogP contribution is -2.22. The van der Waals surface area contributed by atoms with E-state index in [9.17, 15) is 26.8 Å². The zero-order valence-corrected chi connectivity index (χ0v) is 11.3. The molecule has 1 amide bonds. The number of nitrogens with one attached hydrogen (secondary N) is 1. The first-order valence-electron chi connectivity index (χ1n) is 5.45. The van der Waals surface area contributed by atoms with Crippen molar-refractivity contribution in [2.24, 2.45) is 0 Å². The largest absolute Gasteiger partial charge is 0.480 e. The SMILES string of the molecule is O=C(O)COCC(=O)Nc1ccccc1S(=O)(=O)C(F)F. The third-order valence-corrected chi connectivity index (χ3v) is 3.60. The number of anilines is 1. The molecule has 116 valence electrons. The van der Waals surface area contributed by atoms with E-state index in [1.807, 2.05) is 0 Å². The number of carbonyl (C=O) groups is 2. The lowest BCUT2D eigenvalue weighted by atomic mass is 10.3. The molecule has 2 N–H and O–H groups in total. The lowest BCUT2D eigenvalue weighted by Gasteiger charge is -2.11. The highest BCUT2D eigenvalue weighted by atomic mass is 32.2. The van der Waals surface area contributed by atoms with Gasteiger partial charge >= 0.3 is 11.7 Å². The number of carboxylic acids is 1. The molecular weight excluding hydrogens is 312 g/mol. The Morgan fingerprint density at radius 2 is 1.86 bits per heavy atom. The number of ether oxygens (including phenoxy) is 1. The number of halogens is 2. The molecule has 0 radical (unpaired) electrons. The van der Waals surface area contributed by atoms with E-state index in [-0.39, 0.29) is 5.69 Å². The molecule has 0 aliphatic heterocycles. The number of aliphatic carboxylic acids is 1. The number of alkyl halides is 2. The molecule has 0 atom stereocenters. The summed E-state index contributed by atoms with van der Waals surface area (Å²) in [5, 5.41) is 10.4. The van der Waals surface area contributed by atoms with Gasteiger partial charge in [-0.15, -0.1) is 0 Å². The number of para-hydroxylation sites is 1. The molecule has 0 bridgehead atoms. The topological polar surface area (TPSA) is 110 Å². The van der Waals surface area contributed by atoms with Crippen molar-refractivity contribution in [3.63, 3.8) is 0 Å². The Labute approximate surface area is 118 Å². The van der Waals surface area contributed by atoms with Crippen LogP contribution in [-0.2, 0) is 24.2 Å². The molecule has 0 fully saturated rings. The van der Waals surface area contributed by atoms with Gasteiger partial charge in [0.25, 0.3) is 0 Å². The van der Waals surface area contributed by atoms with Crippen molar-refractivity contribution in [2.45, 2.75) is 10.7 Å². The van der Waals surface area contributed by atoms with E-state index < -0.39 is 45.6 Å². The van der Waals surface area contributed by atoms with Crippen molar-refractivity contribution in [3.8, 4) is 0 Å². The highest BCUT2D eigenvalue weighted by Crippen LogP contribution is 2.25. The Balaban J connectivity index is 2.86. The average Bonchev–Trinajstić information content (AvgIpc) is 2.38. The zero-order valence-electron chi connectivity index (χ0n) is 10.5. The van der Waals surface area contributed by atoms with Crippen molar-refractivity contribution >= 4 is 27.4 Å². The maximum absolute atomic E-state index is 12.5. The van der Waals surface area contributed by atoms with E-state index in [1.165, 1.54) is 12.1 Å². The van der Waals surface area contributed by atoms with E-state index in [0.29, 0.717) is 0 Å². The minimum Gasteiger partial charge on any atom is -0.480 e. The van der Waals surface area contributed by atoms with Crippen LogP contribution >= 0.6 is 0 Å². The van der Waals surface area contributed by atoms with Gasteiger partial charge in [-0.3, -0.25) is 4.79 Å². The minimum atomic E-state index is -4.87. The monoisotopic (exact) mass is 323 g/mol. The average molecular weight is 323 g/mol. The molecule has 7 nitrogen and oxygen atoms in total. The summed E-state index contributed by atoms with van der Waals surface area (Å²) in [6, 6.07) is 4.63. The lowest BCUT2D eigenvalue weighted by molar-refractivity contribution is -0.143. The normalized spacial score (nSPS) is 11.4. The predicted octanol–water partition coefficient (Wildman–Crippen LogP) is 0.723. The molecule has 0 saturated heterocycles. The van der Waals surface area contributed by atoms with E-state index in [1.54, 1.807) is 0 Å². The standard InChI is InChI=1S/C11H11F2NO6S/c12-11(13)21(18,19)8-4-2-1-3-7(8)14-9(15)5-20-6-10(16)17/h1-4,11H,5-6H2,(H,14,15)(H,16,17). The third-order valence-electron chi connectivity index (χ3n) is 2.16. The Bertz CT molecular complexity index is 631. The van der Waals surface area contributed by atoms with Crippen LogP contribution in [-0.4, -0.2) is 44.4 Å². The number of sulfone groups is 1. The molecule has 21 heavy (non-hydrogen) atoms. The summed E-state index contributed by atoms with van der Waals surface area (Å²) in [6.07, 6.45) is 0. The summed E-state index contributed by atoms with van der Waals surface area (Å²) in [5.74, 6) is -5.78. The van der Waals surface area contributed by atoms with Crippen LogP contribution in [0.2, 0.25) is 0 Å². The van der Waals surface area contributed by atoms with Gasteiger partial charge in [0.05, 0.1) is 10.6 Å². The van der Waals surface area contributed by atoms with E-state index in [4.69, 9.17) is 5.11 Å². The Morgan fingerprint density at radius 1 is 1.24 bits per heavy atom. The van der Waals surface area contributed by atoms with Crippen LogP contribution in [0.5, 0.6) is 0 Å². The highest BCUT2D eigenvalue weighted by Gasteiger charge is 2.29. The summed E-state index contributed by atoms with van der Waals surface area (Å²) in [7, 11) is -4.87. The molecule has 0 saturated carbocycles. The molecule has 1 aromatic rings. The Morgan fingerprint density at radius 3 is 2.43 bits per heavy atom. The van der Waals surface area contributed by atoms with Gasteiger partial charge in [0.15, 0.2) is 0 Å². The van der Waals surface area contributed by atoms with Gasteiger partial charge in [-0.25, -0.2) is 13.2 Å². The number of benzene rings is 1. The maximum atomic E-state index is 12.5. The molecule has 0 unspecified atom stereocenters. The number of hydrogen-bond acceptors (Lipinski definition) is 5. The number of hydrogen-bond donors (Lipinski definition) is 2. The third kappa shape index (κ3) is 4.76. The summed E-state index contributed by atoms with van der Waals surface area (Å²) in [6.45, 7) is -1.38. The second-order valence-electron chi connectivity index (χ2n) is 3.74. The Hall–Kier alpha value is -2.07. The van der Waals surface area contributed by atoms with Crippen LogP contribution in [0.1, 0.15) is 0 Å². The fraction of sp³-hybridized carbons (Fsp3) is 0.273. The van der Waals surface area contributed by atoms with Gasteiger partial charge in [0.1, 0.15) is 13.2 Å². The van der Waals surface area contributed by atoms with E-state index in [0.717, 1.165) is 12.1 Å². The number of rotatable bonds is 7. The first-order chi connectivity index (χ1) is 9.75. The molecule has 1 rings (SSSR count). The van der Waals surface area contributed by atoms with Gasteiger partial charge in [-0.2, -0.15) is 8.78 Å². The molecule has 0 spiro atoms. The van der Waals surface area contributed by atoms with E-state index >= 15 is 0 Å². The van der Waals surface area contributed by atoms with Gasteiger partial charge in [0.2, 0.25) is 15.7 Å². The van der Waals surface area contributed by atoms with Crippen LogP contribution < -0.4 is 5.32 Å². The Kier molecular flexibility index (Phi) is 5.73. The molecule has 0 aliphatic rings. The van der Waals surface area contributed by atoms with Gasteiger partial charge < -0.3 is 15.2 Å². The molecule has 0 aromatic heterocycles. The van der Waals surface area contributed by atoms with E-state index in [2.05, 4.69) is 10.1 Å². The number of amides is 1. The molecular formula is C11H11F2NO6S. The highest BCUT2D eigenvalue weighted by molar-refractivity contribution is 7.91. The van der Waals surface area contributed by atoms with Crippen molar-refractivity contribution < 1.29 is 36.6 Å². The first-order valence-corrected chi connectivity index (χ1v) is 7.00. The van der Waals surface area contributed by atoms with Crippen molar-refractivity contribution in [3.05, 3.63) is 24.3 Å². The van der Waals surface area contributed by atoms with Crippen LogP contribution in [0.3, 0.4) is 0 Å². The fourth-order valence-corrected chi connectivity index (χ4v) is 2.22. The summed E-state index contributed by atoms with van der Waals surface area (Å²) in [4.78, 5) is 20.9. The van der Waals surface area contributed by atoms with Crippen LogP contribution in [0, 0.1) is 0 Å². The molecule has 10 heteroatoms. The molecule has 0 heterocycles. The second-order valence-corrected chi connectivity index (χ2v) is 5.62. The van der Waals surface area contributed by atoms with Crippen LogP contribution in [0.4, 0.5) is 14.5 Å². The van der Waals surface area contributed by atoms with Crippen molar-refractivity contribution in [1.82, 2.24) is 0 Å². The smallest absolute Gasteiger partial charge is 0.341 e. The molecule has 1 aromatic carbocycles. The summed E-state index contributed by atoms with van der Waals surface area (Å²) >= 11 is 0. The fourth-order valence-electron chi connectivity index (χ4n) is 1.33. The van der Waals surface area contributed by atoms with Gasteiger partial charge in [-0.05, 0) is 12.1 Å². The summed E-state index contributed by atoms with van der Waals surface area (Å²) < 4.78 is 52.4. The predicted molar refractivity (Wildman–Crippen MR) is 66.7 cm³/mol. The molecule has 0 aliphatic carbocycles. The zero-order chi connectivity index (χ0) is 16.0. The van der Waals surface area contributed by atoms with Crippen molar-refractivity contribution in [2.75, 3.05) is 18.5 Å².